The van der Waals surface area contributed by atoms with Gasteiger partial charge in [0.05, 0.1) is 16.8 Å². The van der Waals surface area contributed by atoms with Crippen LogP contribution in [0.5, 0.6) is 11.5 Å². The van der Waals surface area contributed by atoms with Crippen molar-refractivity contribution in [3.8, 4) is 11.5 Å². The number of halogens is 2. The molecule has 5 nitrogen and oxygen atoms in total. The highest BCUT2D eigenvalue weighted by Crippen LogP contribution is 2.26. The highest BCUT2D eigenvalue weighted by molar-refractivity contribution is 6.35. The van der Waals surface area contributed by atoms with Crippen LogP contribution in [0.2, 0.25) is 10.0 Å². The lowest BCUT2D eigenvalue weighted by Crippen LogP contribution is -2.18. The molecule has 0 aromatic heterocycles. The van der Waals surface area contributed by atoms with E-state index < -0.39 is 5.91 Å². The molecule has 7 heteroatoms. The van der Waals surface area contributed by atoms with Crippen LogP contribution in [0.1, 0.15) is 15.9 Å². The third-order valence-electron chi connectivity index (χ3n) is 2.59. The second kappa shape index (κ2) is 6.47. The summed E-state index contributed by atoms with van der Waals surface area (Å²) in [4.78, 5) is 11.9. The Morgan fingerprint density at radius 2 is 1.95 bits per heavy atom. The lowest BCUT2D eigenvalue weighted by molar-refractivity contribution is 0.0955. The van der Waals surface area contributed by atoms with Crippen molar-refractivity contribution in [2.24, 2.45) is 5.10 Å². The fourth-order valence-electron chi connectivity index (χ4n) is 1.55. The first kappa shape index (κ1) is 15.2. The molecule has 0 fully saturated rings. The number of carbonyl (C=O) groups excluding carboxylic acids is 1. The second-order valence-electron chi connectivity index (χ2n) is 4.04. The fraction of sp³-hybridized carbons (Fsp3) is 0. The summed E-state index contributed by atoms with van der Waals surface area (Å²) in [6.07, 6.45) is 1.20. The van der Waals surface area contributed by atoms with Crippen molar-refractivity contribution in [2.75, 3.05) is 0 Å². The Kier molecular flexibility index (Phi) is 4.67. The molecule has 0 aliphatic carbocycles. The number of hydrogen-bond donors (Lipinski definition) is 3. The summed E-state index contributed by atoms with van der Waals surface area (Å²) >= 11 is 11.7. The molecule has 0 unspecified atom stereocenters. The van der Waals surface area contributed by atoms with E-state index in [9.17, 15) is 15.0 Å². The normalized spacial score (nSPS) is 10.8. The number of benzene rings is 2. The minimum atomic E-state index is -0.543. The number of phenols is 2. The summed E-state index contributed by atoms with van der Waals surface area (Å²) in [5.41, 5.74) is 2.70. The van der Waals surface area contributed by atoms with Gasteiger partial charge in [0.15, 0.2) is 11.5 Å². The van der Waals surface area contributed by atoms with Gasteiger partial charge in [-0.05, 0) is 30.3 Å². The molecule has 3 N–H and O–H groups in total. The highest BCUT2D eigenvalue weighted by Gasteiger charge is 2.10. The number of carbonyl (C=O) groups is 1. The smallest absolute Gasteiger partial charge is 0.272 e. The molecule has 0 spiro atoms. The van der Waals surface area contributed by atoms with Gasteiger partial charge in [0.25, 0.3) is 5.91 Å². The number of aromatic hydroxyl groups is 2. The Morgan fingerprint density at radius 3 is 2.71 bits per heavy atom. The lowest BCUT2D eigenvalue weighted by atomic mass is 10.2. The van der Waals surface area contributed by atoms with Crippen LogP contribution >= 0.6 is 23.2 Å². The molecule has 0 radical (unpaired) electrons. The summed E-state index contributed by atoms with van der Waals surface area (Å²) in [6, 6.07) is 8.87. The molecular formula is C14H10Cl2N2O3. The molecule has 1 amide bonds. The summed E-state index contributed by atoms with van der Waals surface area (Å²) in [5.74, 6) is -1.14. The van der Waals surface area contributed by atoms with Crippen LogP contribution in [-0.4, -0.2) is 22.3 Å². The molecule has 0 heterocycles. The molecule has 0 saturated heterocycles. The minimum absolute atomic E-state index is 0.182. The molecule has 2 aromatic rings. The largest absolute Gasteiger partial charge is 0.504 e. The first-order chi connectivity index (χ1) is 9.99. The fourth-order valence-corrected chi connectivity index (χ4v) is 1.92. The van der Waals surface area contributed by atoms with Crippen molar-refractivity contribution < 1.29 is 15.0 Å². The number of phenolic OH excluding ortho intramolecular Hbond substituents is 2. The van der Waals surface area contributed by atoms with Gasteiger partial charge in [0.2, 0.25) is 0 Å². The quantitative estimate of drug-likeness (QED) is 0.460. The second-order valence-corrected chi connectivity index (χ2v) is 4.88. The third kappa shape index (κ3) is 3.65. The van der Waals surface area contributed by atoms with Gasteiger partial charge in [-0.3, -0.25) is 4.79 Å². The van der Waals surface area contributed by atoms with Crippen LogP contribution < -0.4 is 5.43 Å². The average Bonchev–Trinajstić information content (AvgIpc) is 2.46. The summed E-state index contributed by atoms with van der Waals surface area (Å²) in [6.45, 7) is 0. The number of para-hydroxylation sites is 1. The van der Waals surface area contributed by atoms with Crippen molar-refractivity contribution in [1.29, 1.82) is 0 Å². The van der Waals surface area contributed by atoms with E-state index in [1.165, 1.54) is 36.5 Å². The Balaban J connectivity index is 2.12. The van der Waals surface area contributed by atoms with Gasteiger partial charge in [-0.25, -0.2) is 5.43 Å². The standard InChI is InChI=1S/C14H10Cl2N2O3/c15-9-4-5-11(16)10(6-9)14(21)18-17-7-8-2-1-3-12(19)13(8)20/h1-7,19-20H,(H,18,21)/b17-7+. The number of nitrogens with one attached hydrogen (secondary N) is 1. The molecule has 0 bridgehead atoms. The van der Waals surface area contributed by atoms with Gasteiger partial charge < -0.3 is 10.2 Å². The lowest BCUT2D eigenvalue weighted by Gasteiger charge is -2.03. The third-order valence-corrected chi connectivity index (χ3v) is 3.15. The maximum Gasteiger partial charge on any atom is 0.272 e. The average molecular weight is 325 g/mol. The van der Waals surface area contributed by atoms with Gasteiger partial charge in [0.1, 0.15) is 0 Å². The predicted molar refractivity (Wildman–Crippen MR) is 81.3 cm³/mol. The molecule has 21 heavy (non-hydrogen) atoms. The van der Waals surface area contributed by atoms with Crippen LogP contribution in [0.15, 0.2) is 41.5 Å². The minimum Gasteiger partial charge on any atom is -0.504 e. The van der Waals surface area contributed by atoms with Crippen molar-refractivity contribution in [3.63, 3.8) is 0 Å². The van der Waals surface area contributed by atoms with Crippen molar-refractivity contribution in [2.45, 2.75) is 0 Å². The molecular weight excluding hydrogens is 315 g/mol. The van der Waals surface area contributed by atoms with E-state index in [1.54, 1.807) is 6.07 Å². The van der Waals surface area contributed by atoms with E-state index in [0.29, 0.717) is 5.02 Å². The number of nitrogens with zero attached hydrogens (tertiary/aromatic N) is 1. The molecule has 2 rings (SSSR count). The number of hydrazone groups is 1. The zero-order valence-electron chi connectivity index (χ0n) is 10.5. The first-order valence-electron chi connectivity index (χ1n) is 5.78. The van der Waals surface area contributed by atoms with Crippen LogP contribution in [-0.2, 0) is 0 Å². The first-order valence-corrected chi connectivity index (χ1v) is 6.54. The van der Waals surface area contributed by atoms with Gasteiger partial charge in [-0.2, -0.15) is 5.10 Å². The molecule has 0 atom stereocenters. The molecule has 0 saturated carbocycles. The topological polar surface area (TPSA) is 81.9 Å². The Bertz CT molecular complexity index is 717. The predicted octanol–water partition coefficient (Wildman–Crippen LogP) is 3.17. The van der Waals surface area contributed by atoms with Crippen LogP contribution in [0.3, 0.4) is 0 Å². The van der Waals surface area contributed by atoms with Crippen LogP contribution in [0.25, 0.3) is 0 Å². The van der Waals surface area contributed by atoms with E-state index in [0.717, 1.165) is 0 Å². The SMILES string of the molecule is O=C(N/N=C/c1cccc(O)c1O)c1cc(Cl)ccc1Cl. The van der Waals surface area contributed by atoms with Gasteiger partial charge >= 0.3 is 0 Å². The maximum atomic E-state index is 11.9. The van der Waals surface area contributed by atoms with Crippen molar-refractivity contribution in [1.82, 2.24) is 5.43 Å². The zero-order valence-corrected chi connectivity index (χ0v) is 12.1. The number of hydrogen-bond acceptors (Lipinski definition) is 4. The van der Waals surface area contributed by atoms with Crippen LogP contribution in [0.4, 0.5) is 0 Å². The summed E-state index contributed by atoms with van der Waals surface area (Å²) in [7, 11) is 0. The number of rotatable bonds is 3. The molecule has 108 valence electrons. The zero-order chi connectivity index (χ0) is 15.4. The van der Waals surface area contributed by atoms with Crippen LogP contribution in [0, 0.1) is 0 Å². The Hall–Kier alpha value is -2.24. The molecule has 2 aromatic carbocycles. The summed E-state index contributed by atoms with van der Waals surface area (Å²) in [5, 5.41) is 23.2. The van der Waals surface area contributed by atoms with E-state index in [4.69, 9.17) is 23.2 Å². The Labute approximate surface area is 130 Å². The maximum absolute atomic E-state index is 11.9. The molecule has 0 aliphatic heterocycles. The van der Waals surface area contributed by atoms with E-state index in [1.807, 2.05) is 0 Å². The summed E-state index contributed by atoms with van der Waals surface area (Å²) < 4.78 is 0. The molecule has 0 aliphatic rings. The number of amides is 1. The van der Waals surface area contributed by atoms with E-state index in [-0.39, 0.29) is 27.6 Å². The van der Waals surface area contributed by atoms with E-state index in [2.05, 4.69) is 10.5 Å². The van der Waals surface area contributed by atoms with E-state index >= 15 is 0 Å². The highest BCUT2D eigenvalue weighted by atomic mass is 35.5. The van der Waals surface area contributed by atoms with Crippen molar-refractivity contribution in [3.05, 3.63) is 57.6 Å². The van der Waals surface area contributed by atoms with Gasteiger partial charge in [-0.1, -0.05) is 29.3 Å². The monoisotopic (exact) mass is 324 g/mol. The van der Waals surface area contributed by atoms with Gasteiger partial charge in [0, 0.05) is 10.6 Å². The van der Waals surface area contributed by atoms with Crippen molar-refractivity contribution >= 4 is 35.3 Å². The Morgan fingerprint density at radius 1 is 1.19 bits per heavy atom. The van der Waals surface area contributed by atoms with Gasteiger partial charge in [-0.15, -0.1) is 0 Å².